The van der Waals surface area contributed by atoms with Crippen LogP contribution < -0.4 is 5.73 Å². The Kier molecular flexibility index (Phi) is 4.47. The maximum atomic E-state index is 12.3. The average molecular weight is 310 g/mol. The molecule has 0 spiro atoms. The van der Waals surface area contributed by atoms with Crippen LogP contribution in [0.15, 0.2) is 36.4 Å². The van der Waals surface area contributed by atoms with E-state index in [0.29, 0.717) is 17.1 Å². The molecule has 2 aromatic rings. The molecule has 0 radical (unpaired) electrons. The van der Waals surface area contributed by atoms with E-state index in [-0.39, 0.29) is 16.9 Å². The average Bonchev–Trinajstić information content (AvgIpc) is 2.39. The van der Waals surface area contributed by atoms with Crippen molar-refractivity contribution in [1.29, 1.82) is 0 Å². The van der Waals surface area contributed by atoms with Crippen LogP contribution >= 0.6 is 23.2 Å². The van der Waals surface area contributed by atoms with Gasteiger partial charge in [0.1, 0.15) is 11.0 Å². The number of carbonyl (C=O) groups is 1. The number of carbonyl (C=O) groups excluding carboxylic acids is 1. The van der Waals surface area contributed by atoms with Crippen molar-refractivity contribution in [1.82, 2.24) is 9.88 Å². The van der Waals surface area contributed by atoms with E-state index in [1.807, 2.05) is 12.1 Å². The van der Waals surface area contributed by atoms with E-state index < -0.39 is 0 Å². The Morgan fingerprint density at radius 1 is 1.25 bits per heavy atom. The highest BCUT2D eigenvalue weighted by Crippen LogP contribution is 2.16. The van der Waals surface area contributed by atoms with Gasteiger partial charge in [0.15, 0.2) is 0 Å². The molecule has 0 aliphatic rings. The van der Waals surface area contributed by atoms with Gasteiger partial charge in [-0.3, -0.25) is 4.79 Å². The quantitative estimate of drug-likeness (QED) is 0.885. The van der Waals surface area contributed by atoms with Gasteiger partial charge in [0, 0.05) is 24.2 Å². The minimum absolute atomic E-state index is 0.170. The molecule has 0 unspecified atom stereocenters. The van der Waals surface area contributed by atoms with Gasteiger partial charge in [-0.05, 0) is 29.8 Å². The van der Waals surface area contributed by atoms with Crippen molar-refractivity contribution in [3.8, 4) is 0 Å². The van der Waals surface area contributed by atoms with Gasteiger partial charge in [0.05, 0.1) is 0 Å². The van der Waals surface area contributed by atoms with Crippen molar-refractivity contribution in [2.45, 2.75) is 6.54 Å². The molecule has 0 saturated carbocycles. The van der Waals surface area contributed by atoms with Gasteiger partial charge < -0.3 is 10.6 Å². The van der Waals surface area contributed by atoms with Crippen molar-refractivity contribution in [3.05, 3.63) is 57.7 Å². The predicted molar refractivity (Wildman–Crippen MR) is 80.9 cm³/mol. The molecule has 1 aromatic heterocycles. The lowest BCUT2D eigenvalue weighted by molar-refractivity contribution is 0.0785. The normalized spacial score (nSPS) is 10.3. The van der Waals surface area contributed by atoms with Crippen LogP contribution in [-0.2, 0) is 6.54 Å². The second-order valence-electron chi connectivity index (χ2n) is 4.39. The zero-order valence-electron chi connectivity index (χ0n) is 10.8. The first-order chi connectivity index (χ1) is 9.45. The number of nitrogens with two attached hydrogens (primary N) is 1. The Morgan fingerprint density at radius 3 is 2.50 bits per heavy atom. The summed E-state index contributed by atoms with van der Waals surface area (Å²) in [6.45, 7) is 0.468. The molecule has 0 atom stereocenters. The van der Waals surface area contributed by atoms with E-state index in [9.17, 15) is 4.79 Å². The molecule has 0 saturated heterocycles. The van der Waals surface area contributed by atoms with Crippen LogP contribution in [0.5, 0.6) is 0 Å². The van der Waals surface area contributed by atoms with E-state index in [2.05, 4.69) is 4.98 Å². The van der Waals surface area contributed by atoms with E-state index in [1.54, 1.807) is 24.1 Å². The summed E-state index contributed by atoms with van der Waals surface area (Å²) in [5.74, 6) is 0.0525. The molecule has 1 heterocycles. The summed E-state index contributed by atoms with van der Waals surface area (Å²) in [4.78, 5) is 17.7. The zero-order chi connectivity index (χ0) is 14.7. The van der Waals surface area contributed by atoms with E-state index >= 15 is 0 Å². The van der Waals surface area contributed by atoms with Crippen LogP contribution in [0.4, 0.5) is 5.82 Å². The summed E-state index contributed by atoms with van der Waals surface area (Å²) < 4.78 is 0. The molecule has 0 fully saturated rings. The Hall–Kier alpha value is -1.78. The molecule has 2 rings (SSSR count). The molecule has 6 heteroatoms. The van der Waals surface area contributed by atoms with Gasteiger partial charge in [-0.25, -0.2) is 4.98 Å². The number of pyridine rings is 1. The van der Waals surface area contributed by atoms with E-state index in [4.69, 9.17) is 28.9 Å². The number of rotatable bonds is 3. The summed E-state index contributed by atoms with van der Waals surface area (Å²) in [5.41, 5.74) is 6.99. The molecule has 4 nitrogen and oxygen atoms in total. The minimum Gasteiger partial charge on any atom is -0.384 e. The Balaban J connectivity index is 2.14. The monoisotopic (exact) mass is 309 g/mol. The third kappa shape index (κ3) is 3.62. The molecular formula is C14H13Cl2N3O. The lowest BCUT2D eigenvalue weighted by Crippen LogP contribution is -2.26. The summed E-state index contributed by atoms with van der Waals surface area (Å²) in [7, 11) is 1.71. The lowest BCUT2D eigenvalue weighted by Gasteiger charge is -2.17. The summed E-state index contributed by atoms with van der Waals surface area (Å²) >= 11 is 11.6. The Labute approximate surface area is 127 Å². The Morgan fingerprint density at radius 2 is 1.90 bits per heavy atom. The number of benzene rings is 1. The second-order valence-corrected chi connectivity index (χ2v) is 5.21. The highest BCUT2D eigenvalue weighted by molar-refractivity contribution is 6.30. The van der Waals surface area contributed by atoms with Gasteiger partial charge >= 0.3 is 0 Å². The number of hydrogen-bond donors (Lipinski definition) is 1. The van der Waals surface area contributed by atoms with Crippen LogP contribution in [0.2, 0.25) is 10.2 Å². The van der Waals surface area contributed by atoms with Gasteiger partial charge in [0.25, 0.3) is 5.91 Å². The Bertz CT molecular complexity index is 609. The maximum Gasteiger partial charge on any atom is 0.254 e. The van der Waals surface area contributed by atoms with Crippen molar-refractivity contribution >= 4 is 34.9 Å². The molecular weight excluding hydrogens is 297 g/mol. The molecule has 1 amide bonds. The fraction of sp³-hybridized carbons (Fsp3) is 0.143. The smallest absolute Gasteiger partial charge is 0.254 e. The highest BCUT2D eigenvalue weighted by Gasteiger charge is 2.13. The SMILES string of the molecule is CN(Cc1ccc(Cl)cc1)C(=O)c1cc(N)nc(Cl)c1. The predicted octanol–water partition coefficient (Wildman–Crippen LogP) is 3.24. The van der Waals surface area contributed by atoms with Crippen LogP contribution in [-0.4, -0.2) is 22.8 Å². The highest BCUT2D eigenvalue weighted by atomic mass is 35.5. The molecule has 20 heavy (non-hydrogen) atoms. The zero-order valence-corrected chi connectivity index (χ0v) is 12.3. The van der Waals surface area contributed by atoms with Gasteiger partial charge in [-0.1, -0.05) is 35.3 Å². The third-order valence-corrected chi connectivity index (χ3v) is 3.19. The fourth-order valence-corrected chi connectivity index (χ4v) is 2.14. The largest absolute Gasteiger partial charge is 0.384 e. The summed E-state index contributed by atoms with van der Waals surface area (Å²) in [6, 6.07) is 10.3. The topological polar surface area (TPSA) is 59.2 Å². The first kappa shape index (κ1) is 14.6. The van der Waals surface area contributed by atoms with Gasteiger partial charge in [-0.2, -0.15) is 0 Å². The standard InChI is InChI=1S/C14H13Cl2N3O/c1-19(8-9-2-4-11(15)5-3-9)14(20)10-6-12(16)18-13(17)7-10/h2-7H,8H2,1H3,(H2,17,18). The first-order valence-corrected chi connectivity index (χ1v) is 6.64. The molecule has 0 aliphatic carbocycles. The van der Waals surface area contributed by atoms with Crippen molar-refractivity contribution in [2.24, 2.45) is 0 Å². The lowest BCUT2D eigenvalue weighted by atomic mass is 10.2. The van der Waals surface area contributed by atoms with Gasteiger partial charge in [0.2, 0.25) is 0 Å². The number of hydrogen-bond acceptors (Lipinski definition) is 3. The number of anilines is 1. The third-order valence-electron chi connectivity index (χ3n) is 2.74. The van der Waals surface area contributed by atoms with Crippen LogP contribution in [0, 0.1) is 0 Å². The molecule has 1 aromatic carbocycles. The van der Waals surface area contributed by atoms with E-state index in [1.165, 1.54) is 12.1 Å². The molecule has 0 aliphatic heterocycles. The fourth-order valence-electron chi connectivity index (χ4n) is 1.80. The molecule has 0 bridgehead atoms. The number of halogens is 2. The molecule has 104 valence electrons. The van der Waals surface area contributed by atoms with Gasteiger partial charge in [-0.15, -0.1) is 0 Å². The number of aromatic nitrogens is 1. The molecule has 2 N–H and O–H groups in total. The number of nitrogen functional groups attached to an aromatic ring is 1. The maximum absolute atomic E-state index is 12.3. The van der Waals surface area contributed by atoms with E-state index in [0.717, 1.165) is 5.56 Å². The number of nitrogens with zero attached hydrogens (tertiary/aromatic N) is 2. The summed E-state index contributed by atoms with van der Waals surface area (Å²) in [6.07, 6.45) is 0. The number of amides is 1. The minimum atomic E-state index is -0.170. The van der Waals surface area contributed by atoms with Crippen LogP contribution in [0.3, 0.4) is 0 Å². The van der Waals surface area contributed by atoms with Crippen molar-refractivity contribution in [2.75, 3.05) is 12.8 Å². The van der Waals surface area contributed by atoms with Crippen LogP contribution in [0.25, 0.3) is 0 Å². The first-order valence-electron chi connectivity index (χ1n) is 5.88. The van der Waals surface area contributed by atoms with Crippen molar-refractivity contribution in [3.63, 3.8) is 0 Å². The summed E-state index contributed by atoms with van der Waals surface area (Å²) in [5, 5.41) is 0.865. The van der Waals surface area contributed by atoms with Crippen LogP contribution in [0.1, 0.15) is 15.9 Å². The van der Waals surface area contributed by atoms with Crippen molar-refractivity contribution < 1.29 is 4.79 Å². The second kappa shape index (κ2) is 6.11.